The Balaban J connectivity index is 1.30. The fourth-order valence-electron chi connectivity index (χ4n) is 4.67. The number of fused-ring (bicyclic) bond motifs is 3. The van der Waals surface area contributed by atoms with Crippen LogP contribution < -0.4 is 10.6 Å². The Morgan fingerprint density at radius 3 is 2.59 bits per heavy atom. The van der Waals surface area contributed by atoms with Gasteiger partial charge in [-0.05, 0) is 38.1 Å². The van der Waals surface area contributed by atoms with E-state index in [2.05, 4.69) is 36.4 Å². The van der Waals surface area contributed by atoms with Gasteiger partial charge in [0.1, 0.15) is 5.76 Å². The number of furan rings is 1. The van der Waals surface area contributed by atoms with Crippen LogP contribution in [0.2, 0.25) is 0 Å². The van der Waals surface area contributed by atoms with Gasteiger partial charge in [0, 0.05) is 58.9 Å². The summed E-state index contributed by atoms with van der Waals surface area (Å²) in [5.74, 6) is 1.93. The number of likely N-dealkylation sites (tertiary alicyclic amines) is 1. The first kappa shape index (κ1) is 18.8. The van der Waals surface area contributed by atoms with Crippen LogP contribution in [0.4, 0.5) is 0 Å². The van der Waals surface area contributed by atoms with Crippen LogP contribution in [0.1, 0.15) is 31.1 Å². The highest BCUT2D eigenvalue weighted by Crippen LogP contribution is 2.24. The molecule has 5 heterocycles. The van der Waals surface area contributed by atoms with Crippen molar-refractivity contribution in [2.75, 3.05) is 66.0 Å². The summed E-state index contributed by atoms with van der Waals surface area (Å²) in [5, 5.41) is 7.09. The number of rotatable bonds is 6. The third kappa shape index (κ3) is 4.65. The van der Waals surface area contributed by atoms with Crippen LogP contribution in [0.5, 0.6) is 0 Å². The minimum Gasteiger partial charge on any atom is -0.468 e. The molecule has 2 bridgehead atoms. The lowest BCUT2D eigenvalue weighted by molar-refractivity contribution is 0.0154. The average molecular weight is 375 g/mol. The molecule has 1 aromatic rings. The smallest absolute Gasteiger partial charge is 0.191 e. The standard InChI is InChI=1S/C20H34N6O/c1-21-20(22-14-17-16-24-9-11-25(17)12-10-24)23-15-18(19-6-5-13-27-19)26-7-3-2-4-8-26/h5-6,13,17-18H,2-4,7-12,14-16H2,1H3,(H2,21,22,23). The van der Waals surface area contributed by atoms with Crippen molar-refractivity contribution in [1.82, 2.24) is 25.3 Å². The summed E-state index contributed by atoms with van der Waals surface area (Å²) in [6, 6.07) is 4.94. The molecule has 7 nitrogen and oxygen atoms in total. The number of nitrogens with one attached hydrogen (secondary N) is 2. The summed E-state index contributed by atoms with van der Waals surface area (Å²) in [5.41, 5.74) is 0. The number of hydrogen-bond acceptors (Lipinski definition) is 5. The van der Waals surface area contributed by atoms with E-state index in [0.29, 0.717) is 6.04 Å². The minimum atomic E-state index is 0.263. The van der Waals surface area contributed by atoms with E-state index in [9.17, 15) is 0 Å². The maximum absolute atomic E-state index is 5.75. The van der Waals surface area contributed by atoms with Crippen molar-refractivity contribution in [3.05, 3.63) is 24.2 Å². The Hall–Kier alpha value is -1.57. The van der Waals surface area contributed by atoms with E-state index in [-0.39, 0.29) is 6.04 Å². The lowest BCUT2D eigenvalue weighted by Crippen LogP contribution is -2.64. The van der Waals surface area contributed by atoms with Gasteiger partial charge in [0.2, 0.25) is 0 Å². The molecule has 0 saturated carbocycles. The molecule has 0 spiro atoms. The lowest BCUT2D eigenvalue weighted by Gasteiger charge is -2.47. The van der Waals surface area contributed by atoms with E-state index in [1.165, 1.54) is 52.0 Å². The summed E-state index contributed by atoms with van der Waals surface area (Å²) in [7, 11) is 1.86. The molecule has 2 N–H and O–H groups in total. The highest BCUT2D eigenvalue weighted by molar-refractivity contribution is 5.79. The van der Waals surface area contributed by atoms with Crippen molar-refractivity contribution in [2.24, 2.45) is 4.99 Å². The second kappa shape index (κ2) is 9.08. The van der Waals surface area contributed by atoms with Gasteiger partial charge in [-0.15, -0.1) is 0 Å². The SMILES string of the molecule is CN=C(NCC1CN2CCN1CC2)NCC(c1ccco1)N1CCCCC1. The van der Waals surface area contributed by atoms with Crippen molar-refractivity contribution >= 4 is 5.96 Å². The molecule has 0 aromatic carbocycles. The van der Waals surface area contributed by atoms with E-state index >= 15 is 0 Å². The van der Waals surface area contributed by atoms with Gasteiger partial charge in [-0.3, -0.25) is 19.7 Å². The van der Waals surface area contributed by atoms with Crippen LogP contribution >= 0.6 is 0 Å². The number of hydrogen-bond donors (Lipinski definition) is 2. The summed E-state index contributed by atoms with van der Waals surface area (Å²) < 4.78 is 5.75. The Labute approximate surface area is 162 Å². The van der Waals surface area contributed by atoms with Crippen molar-refractivity contribution in [1.29, 1.82) is 0 Å². The van der Waals surface area contributed by atoms with E-state index in [4.69, 9.17) is 4.42 Å². The third-order valence-corrected chi connectivity index (χ3v) is 6.29. The second-order valence-corrected chi connectivity index (χ2v) is 7.95. The number of piperazine rings is 3. The quantitative estimate of drug-likeness (QED) is 0.572. The first-order valence-corrected chi connectivity index (χ1v) is 10.5. The normalized spacial score (nSPS) is 30.3. The van der Waals surface area contributed by atoms with Gasteiger partial charge in [0.25, 0.3) is 0 Å². The van der Waals surface area contributed by atoms with Crippen LogP contribution in [0, 0.1) is 0 Å². The van der Waals surface area contributed by atoms with Gasteiger partial charge in [-0.2, -0.15) is 0 Å². The van der Waals surface area contributed by atoms with Crippen LogP contribution in [0.15, 0.2) is 27.8 Å². The number of guanidine groups is 1. The third-order valence-electron chi connectivity index (χ3n) is 6.29. The van der Waals surface area contributed by atoms with Gasteiger partial charge in [-0.1, -0.05) is 6.42 Å². The molecule has 2 atom stereocenters. The first-order valence-electron chi connectivity index (χ1n) is 10.5. The Bertz CT molecular complexity index is 590. The monoisotopic (exact) mass is 374 g/mol. The molecule has 27 heavy (non-hydrogen) atoms. The summed E-state index contributed by atoms with van der Waals surface area (Å²) >= 11 is 0. The maximum atomic E-state index is 5.75. The fraction of sp³-hybridized carbons (Fsp3) is 0.750. The lowest BCUT2D eigenvalue weighted by atomic mass is 10.1. The number of nitrogens with zero attached hydrogens (tertiary/aromatic N) is 4. The first-order chi connectivity index (χ1) is 13.3. The van der Waals surface area contributed by atoms with Gasteiger partial charge < -0.3 is 15.1 Å². The van der Waals surface area contributed by atoms with Gasteiger partial charge in [0.05, 0.1) is 12.3 Å². The molecule has 4 fully saturated rings. The van der Waals surface area contributed by atoms with Crippen LogP contribution in [-0.4, -0.2) is 92.7 Å². The molecular weight excluding hydrogens is 340 g/mol. The van der Waals surface area contributed by atoms with Crippen molar-refractivity contribution < 1.29 is 4.42 Å². The molecule has 4 aliphatic rings. The van der Waals surface area contributed by atoms with Crippen LogP contribution in [0.3, 0.4) is 0 Å². The molecule has 0 radical (unpaired) electrons. The molecule has 4 aliphatic heterocycles. The van der Waals surface area contributed by atoms with Gasteiger partial charge >= 0.3 is 0 Å². The molecule has 0 amide bonds. The van der Waals surface area contributed by atoms with Crippen molar-refractivity contribution in [3.8, 4) is 0 Å². The van der Waals surface area contributed by atoms with Gasteiger partial charge in [-0.25, -0.2) is 0 Å². The number of aliphatic imine (C=N–C) groups is 1. The van der Waals surface area contributed by atoms with Crippen molar-refractivity contribution in [3.63, 3.8) is 0 Å². The fourth-order valence-corrected chi connectivity index (χ4v) is 4.67. The highest BCUT2D eigenvalue weighted by Gasteiger charge is 2.31. The second-order valence-electron chi connectivity index (χ2n) is 7.95. The summed E-state index contributed by atoms with van der Waals surface area (Å²) in [6.45, 7) is 10.1. The zero-order valence-electron chi connectivity index (χ0n) is 16.6. The van der Waals surface area contributed by atoms with E-state index < -0.39 is 0 Å². The van der Waals surface area contributed by atoms with Crippen LogP contribution in [-0.2, 0) is 0 Å². The molecule has 1 aromatic heterocycles. The molecular formula is C20H34N6O. The molecule has 2 unspecified atom stereocenters. The minimum absolute atomic E-state index is 0.263. The molecule has 4 saturated heterocycles. The zero-order valence-corrected chi connectivity index (χ0v) is 16.6. The van der Waals surface area contributed by atoms with Crippen LogP contribution in [0.25, 0.3) is 0 Å². The zero-order chi connectivity index (χ0) is 18.5. The highest BCUT2D eigenvalue weighted by atomic mass is 16.3. The van der Waals surface area contributed by atoms with E-state index in [0.717, 1.165) is 37.9 Å². The largest absolute Gasteiger partial charge is 0.468 e. The Morgan fingerprint density at radius 2 is 1.96 bits per heavy atom. The maximum Gasteiger partial charge on any atom is 0.191 e. The summed E-state index contributed by atoms with van der Waals surface area (Å²) in [6.07, 6.45) is 5.67. The van der Waals surface area contributed by atoms with E-state index in [1.807, 2.05) is 13.1 Å². The van der Waals surface area contributed by atoms with Gasteiger partial charge in [0.15, 0.2) is 5.96 Å². The predicted octanol–water partition coefficient (Wildman–Crippen LogP) is 0.971. The predicted molar refractivity (Wildman–Crippen MR) is 108 cm³/mol. The molecule has 0 aliphatic carbocycles. The molecule has 5 rings (SSSR count). The average Bonchev–Trinajstić information content (AvgIpc) is 3.27. The van der Waals surface area contributed by atoms with E-state index in [1.54, 1.807) is 6.26 Å². The Morgan fingerprint density at radius 1 is 1.15 bits per heavy atom. The topological polar surface area (TPSA) is 59.3 Å². The number of piperidine rings is 1. The Kier molecular flexibility index (Phi) is 6.32. The van der Waals surface area contributed by atoms with Crippen molar-refractivity contribution in [2.45, 2.75) is 31.3 Å². The summed E-state index contributed by atoms with van der Waals surface area (Å²) in [4.78, 5) is 12.2. The molecule has 7 heteroatoms. The molecule has 150 valence electrons.